The number of hydrogen-bond acceptors (Lipinski definition) is 7. The molecular weight excluding hydrogens is 729 g/mol. The van der Waals surface area contributed by atoms with Crippen LogP contribution in [0.15, 0.2) is 75.6 Å². The summed E-state index contributed by atoms with van der Waals surface area (Å²) in [5, 5.41) is 18.0. The first-order chi connectivity index (χ1) is 22.5. The monoisotopic (exact) mass is 748 g/mol. The molecule has 47 heavy (non-hydrogen) atoms. The molecule has 240 valence electrons. The number of hydrazone groups is 1. The van der Waals surface area contributed by atoms with Crippen molar-refractivity contribution in [3.05, 3.63) is 101 Å². The average Bonchev–Trinajstić information content (AvgIpc) is 3.68. The summed E-state index contributed by atoms with van der Waals surface area (Å²) in [4.78, 5) is 42.1. The highest BCUT2D eigenvalue weighted by Crippen LogP contribution is 2.47. The number of carbonyl (C=O) groups excluding carboxylic acids is 3. The Morgan fingerprint density at radius 1 is 0.830 bits per heavy atom. The van der Waals surface area contributed by atoms with Crippen molar-refractivity contribution in [2.75, 3.05) is 11.4 Å². The normalized spacial score (nSPS) is 24.3. The summed E-state index contributed by atoms with van der Waals surface area (Å²) >= 11 is 37.9. The number of rotatable bonds is 5. The molecule has 9 nitrogen and oxygen atoms in total. The van der Waals surface area contributed by atoms with Crippen LogP contribution in [0.2, 0.25) is 30.1 Å². The van der Waals surface area contributed by atoms with Crippen LogP contribution in [0.4, 0.5) is 5.69 Å². The SMILES string of the molecule is O=C1[C@H]2N=NN(CC(=O)N3N=C4/C(=C/c5ccc(Cl)cc5Cl)CCC[C@@H]4[C@H]3c3ccc(Cl)cc3Cl)[C@H]2C(=O)N1c1ccc(Cl)cc1Cl. The fraction of sp³-hybridized carbons (Fsp3) is 0.250. The van der Waals surface area contributed by atoms with Crippen molar-refractivity contribution in [1.82, 2.24) is 10.0 Å². The third-order valence-electron chi connectivity index (χ3n) is 8.64. The van der Waals surface area contributed by atoms with Gasteiger partial charge in [-0.15, -0.1) is 0 Å². The zero-order valence-electron chi connectivity index (χ0n) is 24.1. The zero-order chi connectivity index (χ0) is 33.1. The fourth-order valence-corrected chi connectivity index (χ4v) is 8.00. The fourth-order valence-electron chi connectivity index (χ4n) is 6.53. The minimum atomic E-state index is -1.13. The number of allylic oxidation sites excluding steroid dienone is 1. The van der Waals surface area contributed by atoms with E-state index in [1.54, 1.807) is 30.3 Å². The third-order valence-corrected chi connectivity index (χ3v) is 10.3. The van der Waals surface area contributed by atoms with Crippen molar-refractivity contribution in [3.63, 3.8) is 0 Å². The van der Waals surface area contributed by atoms with Crippen LogP contribution >= 0.6 is 69.6 Å². The molecule has 7 rings (SSSR count). The van der Waals surface area contributed by atoms with Gasteiger partial charge >= 0.3 is 0 Å². The maximum atomic E-state index is 14.2. The molecule has 1 saturated heterocycles. The number of benzene rings is 3. The molecule has 0 radical (unpaired) electrons. The van der Waals surface area contributed by atoms with Crippen LogP contribution in [0.25, 0.3) is 6.08 Å². The summed E-state index contributed by atoms with van der Waals surface area (Å²) in [6.07, 6.45) is 4.28. The van der Waals surface area contributed by atoms with E-state index in [2.05, 4.69) is 10.3 Å². The van der Waals surface area contributed by atoms with Gasteiger partial charge in [-0.25, -0.2) is 9.91 Å². The second kappa shape index (κ2) is 12.7. The summed E-state index contributed by atoms with van der Waals surface area (Å²) in [6.45, 7) is -0.376. The Bertz CT molecular complexity index is 1950. The first kappa shape index (κ1) is 32.4. The van der Waals surface area contributed by atoms with Crippen molar-refractivity contribution in [2.45, 2.75) is 37.4 Å². The smallest absolute Gasteiger partial charge is 0.264 e. The van der Waals surface area contributed by atoms with Crippen LogP contribution in [0, 0.1) is 5.92 Å². The summed E-state index contributed by atoms with van der Waals surface area (Å²) < 4.78 is 0. The van der Waals surface area contributed by atoms with Crippen molar-refractivity contribution in [1.29, 1.82) is 0 Å². The average molecular weight is 751 g/mol. The van der Waals surface area contributed by atoms with Gasteiger partial charge in [0.1, 0.15) is 6.54 Å². The van der Waals surface area contributed by atoms with E-state index in [0.717, 1.165) is 41.0 Å². The van der Waals surface area contributed by atoms with E-state index in [1.165, 1.54) is 28.2 Å². The lowest BCUT2D eigenvalue weighted by Gasteiger charge is -2.31. The Labute approximate surface area is 299 Å². The van der Waals surface area contributed by atoms with E-state index in [-0.39, 0.29) is 23.2 Å². The van der Waals surface area contributed by atoms with Gasteiger partial charge in [-0.2, -0.15) is 10.2 Å². The van der Waals surface area contributed by atoms with Crippen molar-refractivity contribution < 1.29 is 14.4 Å². The Morgan fingerprint density at radius 3 is 2.21 bits per heavy atom. The number of amides is 3. The molecule has 3 amide bonds. The molecule has 0 N–H and O–H groups in total. The minimum absolute atomic E-state index is 0.126. The first-order valence-corrected chi connectivity index (χ1v) is 16.8. The summed E-state index contributed by atoms with van der Waals surface area (Å²) in [5.74, 6) is -1.86. The molecule has 3 aromatic carbocycles. The number of anilines is 1. The standard InChI is InChI=1S/C32H22Cl6N6O3/c33-17-5-4-15(22(36)11-17)10-16-2-1-3-21-27(16)40-44(29(21)20-8-6-18(34)12-23(20)37)26(45)14-42-30-28(39-41-42)31(46)43(32(30)47)25-9-7-19(35)13-24(25)38/h4-13,21,28-30H,1-3,14H2/b16-10+/t21-,28-,29+,30+/m0/s1. The quantitative estimate of drug-likeness (QED) is 0.244. The van der Waals surface area contributed by atoms with Gasteiger partial charge in [-0.1, -0.05) is 87.0 Å². The van der Waals surface area contributed by atoms with Crippen LogP contribution in [0.3, 0.4) is 0 Å². The summed E-state index contributed by atoms with van der Waals surface area (Å²) in [7, 11) is 0. The van der Waals surface area contributed by atoms with Gasteiger partial charge in [-0.05, 0) is 84.5 Å². The molecule has 0 unspecified atom stereocenters. The van der Waals surface area contributed by atoms with Crippen LogP contribution in [0.5, 0.6) is 0 Å². The van der Waals surface area contributed by atoms with E-state index in [4.69, 9.17) is 74.7 Å². The van der Waals surface area contributed by atoms with Crippen LogP contribution < -0.4 is 4.90 Å². The third kappa shape index (κ3) is 5.81. The van der Waals surface area contributed by atoms with E-state index >= 15 is 0 Å². The molecule has 1 saturated carbocycles. The number of carbonyl (C=O) groups is 3. The molecule has 4 aliphatic rings. The van der Waals surface area contributed by atoms with Gasteiger partial charge in [0.15, 0.2) is 12.1 Å². The molecule has 0 aromatic heterocycles. The molecule has 3 heterocycles. The Morgan fingerprint density at radius 2 is 1.51 bits per heavy atom. The lowest BCUT2D eigenvalue weighted by Crippen LogP contribution is -2.45. The van der Waals surface area contributed by atoms with Gasteiger partial charge < -0.3 is 0 Å². The zero-order valence-corrected chi connectivity index (χ0v) is 28.6. The van der Waals surface area contributed by atoms with Crippen molar-refractivity contribution >= 4 is 105 Å². The van der Waals surface area contributed by atoms with Gasteiger partial charge in [0.25, 0.3) is 17.7 Å². The molecule has 15 heteroatoms. The van der Waals surface area contributed by atoms with Crippen molar-refractivity contribution in [3.8, 4) is 0 Å². The number of nitrogens with zero attached hydrogens (tertiary/aromatic N) is 6. The maximum absolute atomic E-state index is 14.2. The summed E-state index contributed by atoms with van der Waals surface area (Å²) in [5.41, 5.74) is 3.30. The van der Waals surface area contributed by atoms with Crippen LogP contribution in [-0.2, 0) is 14.4 Å². The molecule has 3 aliphatic heterocycles. The lowest BCUT2D eigenvalue weighted by atomic mass is 9.77. The highest BCUT2D eigenvalue weighted by molar-refractivity contribution is 6.39. The lowest BCUT2D eigenvalue weighted by molar-refractivity contribution is -0.136. The van der Waals surface area contributed by atoms with Crippen LogP contribution in [-0.4, -0.2) is 52.1 Å². The molecule has 4 atom stereocenters. The minimum Gasteiger partial charge on any atom is -0.271 e. The predicted molar refractivity (Wildman–Crippen MR) is 183 cm³/mol. The molecular formula is C32H22Cl6N6O3. The Balaban J connectivity index is 1.21. The van der Waals surface area contributed by atoms with Gasteiger partial charge in [0, 0.05) is 31.0 Å². The number of hydrogen-bond donors (Lipinski definition) is 0. The number of halogens is 6. The second-order valence-corrected chi connectivity index (χ2v) is 14.0. The molecule has 0 spiro atoms. The predicted octanol–water partition coefficient (Wildman–Crippen LogP) is 8.72. The molecule has 2 fully saturated rings. The van der Waals surface area contributed by atoms with E-state index < -0.39 is 35.8 Å². The Hall–Kier alpha value is -3.18. The van der Waals surface area contributed by atoms with Gasteiger partial charge in [0.05, 0.1) is 22.5 Å². The van der Waals surface area contributed by atoms with E-state index in [0.29, 0.717) is 30.7 Å². The largest absolute Gasteiger partial charge is 0.271 e. The molecule has 0 bridgehead atoms. The number of fused-ring (bicyclic) bond motifs is 2. The number of imide groups is 1. The van der Waals surface area contributed by atoms with Gasteiger partial charge in [-0.3, -0.25) is 19.4 Å². The molecule has 1 aliphatic carbocycles. The van der Waals surface area contributed by atoms with E-state index in [1.807, 2.05) is 12.1 Å². The topological polar surface area (TPSA) is 98.0 Å². The molecule has 3 aromatic rings. The van der Waals surface area contributed by atoms with E-state index in [9.17, 15) is 14.4 Å². The maximum Gasteiger partial charge on any atom is 0.264 e. The highest BCUT2D eigenvalue weighted by atomic mass is 35.5. The highest BCUT2D eigenvalue weighted by Gasteiger charge is 2.56. The summed E-state index contributed by atoms with van der Waals surface area (Å²) in [6, 6.07) is 12.0. The van der Waals surface area contributed by atoms with Crippen molar-refractivity contribution in [2.24, 2.45) is 21.4 Å². The Kier molecular flexibility index (Phi) is 8.74. The first-order valence-electron chi connectivity index (χ1n) is 14.5. The van der Waals surface area contributed by atoms with Crippen LogP contribution in [0.1, 0.15) is 36.4 Å². The van der Waals surface area contributed by atoms with Gasteiger partial charge in [0.2, 0.25) is 0 Å². The second-order valence-electron chi connectivity index (χ2n) is 11.5.